The minimum Gasteiger partial charge on any atom is -0.492 e. The lowest BCUT2D eigenvalue weighted by Gasteiger charge is -2.12. The summed E-state index contributed by atoms with van der Waals surface area (Å²) in [7, 11) is -3.22. The highest BCUT2D eigenvalue weighted by atomic mass is 32.2. The third-order valence-corrected chi connectivity index (χ3v) is 4.33. The van der Waals surface area contributed by atoms with Crippen LogP contribution in [0.4, 0.5) is 0 Å². The predicted molar refractivity (Wildman–Crippen MR) is 70.6 cm³/mol. The van der Waals surface area contributed by atoms with Crippen LogP contribution < -0.4 is 10.1 Å². The van der Waals surface area contributed by atoms with Crippen molar-refractivity contribution in [2.24, 2.45) is 5.92 Å². The maximum absolute atomic E-state index is 11.6. The van der Waals surface area contributed by atoms with E-state index >= 15 is 0 Å². The molecule has 1 heterocycles. The van der Waals surface area contributed by atoms with Gasteiger partial charge >= 0.3 is 0 Å². The monoisotopic (exact) mass is 269 g/mol. The summed E-state index contributed by atoms with van der Waals surface area (Å²) in [5.41, 5.74) is 0. The lowest BCUT2D eigenvalue weighted by Crippen LogP contribution is -2.12. The number of nitrogens with one attached hydrogen (secondary N) is 1. The van der Waals surface area contributed by atoms with Crippen molar-refractivity contribution >= 4 is 9.84 Å². The first-order valence-electron chi connectivity index (χ1n) is 6.20. The summed E-state index contributed by atoms with van der Waals surface area (Å²) >= 11 is 0. The summed E-state index contributed by atoms with van der Waals surface area (Å²) in [6, 6.07) is 6.80. The lowest BCUT2D eigenvalue weighted by molar-refractivity contribution is 0.277. The quantitative estimate of drug-likeness (QED) is 0.879. The van der Waals surface area contributed by atoms with Gasteiger partial charge in [0.1, 0.15) is 10.6 Å². The van der Waals surface area contributed by atoms with E-state index in [1.54, 1.807) is 24.3 Å². The van der Waals surface area contributed by atoms with Crippen molar-refractivity contribution in [1.82, 2.24) is 5.32 Å². The van der Waals surface area contributed by atoms with Crippen LogP contribution in [0.3, 0.4) is 0 Å². The first kappa shape index (κ1) is 13.4. The fourth-order valence-corrected chi connectivity index (χ4v) is 2.99. The molecule has 18 heavy (non-hydrogen) atoms. The predicted octanol–water partition coefficient (Wildman–Crippen LogP) is 1.47. The van der Waals surface area contributed by atoms with Gasteiger partial charge in [-0.1, -0.05) is 12.1 Å². The summed E-state index contributed by atoms with van der Waals surface area (Å²) in [6.07, 6.45) is 3.35. The van der Waals surface area contributed by atoms with Crippen LogP contribution in [0.15, 0.2) is 29.2 Å². The Balaban J connectivity index is 1.96. The Bertz CT molecular complexity index is 493. The molecular formula is C13H19NO3S. The van der Waals surface area contributed by atoms with Gasteiger partial charge in [0, 0.05) is 6.26 Å². The van der Waals surface area contributed by atoms with Gasteiger partial charge in [-0.2, -0.15) is 0 Å². The van der Waals surface area contributed by atoms with Crippen molar-refractivity contribution in [2.75, 3.05) is 26.0 Å². The topological polar surface area (TPSA) is 55.4 Å². The standard InChI is InChI=1S/C13H19NO3S/c1-18(15,16)13-5-3-2-4-12(13)17-9-7-11-6-8-14-10-11/h2-5,11,14H,6-10H2,1H3. The van der Waals surface area contributed by atoms with Crippen molar-refractivity contribution in [2.45, 2.75) is 17.7 Å². The number of rotatable bonds is 5. The van der Waals surface area contributed by atoms with Gasteiger partial charge in [0.25, 0.3) is 0 Å². The van der Waals surface area contributed by atoms with Gasteiger partial charge in [-0.15, -0.1) is 0 Å². The summed E-state index contributed by atoms with van der Waals surface area (Å²) in [5.74, 6) is 1.11. The lowest BCUT2D eigenvalue weighted by atomic mass is 10.1. The second-order valence-electron chi connectivity index (χ2n) is 4.71. The zero-order valence-electron chi connectivity index (χ0n) is 10.6. The maximum atomic E-state index is 11.6. The first-order chi connectivity index (χ1) is 8.57. The first-order valence-corrected chi connectivity index (χ1v) is 8.09. The third kappa shape index (κ3) is 3.46. The van der Waals surface area contributed by atoms with Gasteiger partial charge in [0.2, 0.25) is 0 Å². The fraction of sp³-hybridized carbons (Fsp3) is 0.538. The van der Waals surface area contributed by atoms with Crippen LogP contribution in [-0.4, -0.2) is 34.4 Å². The average molecular weight is 269 g/mol. The number of hydrogen-bond donors (Lipinski definition) is 1. The second kappa shape index (κ2) is 5.71. The Labute approximate surface area is 108 Å². The molecule has 1 N–H and O–H groups in total. The van der Waals surface area contributed by atoms with E-state index in [1.165, 1.54) is 12.7 Å². The van der Waals surface area contributed by atoms with Gasteiger partial charge in [-0.3, -0.25) is 0 Å². The highest BCUT2D eigenvalue weighted by Crippen LogP contribution is 2.23. The Hall–Kier alpha value is -1.07. The Kier molecular flexibility index (Phi) is 4.24. The molecule has 0 amide bonds. The van der Waals surface area contributed by atoms with E-state index in [2.05, 4.69) is 5.32 Å². The molecule has 1 atom stereocenters. The van der Waals surface area contributed by atoms with Crippen LogP contribution >= 0.6 is 0 Å². The summed E-state index contributed by atoms with van der Waals surface area (Å²) in [6.45, 7) is 2.68. The van der Waals surface area contributed by atoms with Crippen LogP contribution in [0, 0.1) is 5.92 Å². The highest BCUT2D eigenvalue weighted by Gasteiger charge is 2.16. The second-order valence-corrected chi connectivity index (χ2v) is 6.70. The SMILES string of the molecule is CS(=O)(=O)c1ccccc1OCCC1CCNC1. The van der Waals surface area contributed by atoms with Gasteiger partial charge in [-0.05, 0) is 44.0 Å². The molecule has 0 bridgehead atoms. The maximum Gasteiger partial charge on any atom is 0.179 e. The average Bonchev–Trinajstić information content (AvgIpc) is 2.81. The Morgan fingerprint density at radius 3 is 2.83 bits per heavy atom. The van der Waals surface area contributed by atoms with E-state index in [1.807, 2.05) is 0 Å². The number of ether oxygens (including phenoxy) is 1. The molecule has 1 aromatic rings. The van der Waals surface area contributed by atoms with Crippen molar-refractivity contribution in [3.63, 3.8) is 0 Å². The van der Waals surface area contributed by atoms with Crippen molar-refractivity contribution in [3.05, 3.63) is 24.3 Å². The molecule has 0 aliphatic carbocycles. The van der Waals surface area contributed by atoms with Crippen LogP contribution in [-0.2, 0) is 9.84 Å². The van der Waals surface area contributed by atoms with Crippen LogP contribution in [0.1, 0.15) is 12.8 Å². The third-order valence-electron chi connectivity index (χ3n) is 3.19. The molecule has 5 heteroatoms. The van der Waals surface area contributed by atoms with E-state index in [0.717, 1.165) is 19.5 Å². The molecular weight excluding hydrogens is 250 g/mol. The molecule has 0 aromatic heterocycles. The van der Waals surface area contributed by atoms with E-state index in [9.17, 15) is 8.42 Å². The molecule has 4 nitrogen and oxygen atoms in total. The molecule has 1 unspecified atom stereocenters. The summed E-state index contributed by atoms with van der Waals surface area (Å²) in [5, 5.41) is 3.31. The molecule has 0 radical (unpaired) electrons. The number of benzene rings is 1. The van der Waals surface area contributed by atoms with Crippen molar-refractivity contribution < 1.29 is 13.2 Å². The minimum atomic E-state index is -3.22. The summed E-state index contributed by atoms with van der Waals surface area (Å²) in [4.78, 5) is 0.273. The van der Waals surface area contributed by atoms with E-state index in [-0.39, 0.29) is 4.90 Å². The summed E-state index contributed by atoms with van der Waals surface area (Å²) < 4.78 is 28.8. The molecule has 0 spiro atoms. The molecule has 2 rings (SSSR count). The minimum absolute atomic E-state index is 0.273. The van der Waals surface area contributed by atoms with Gasteiger partial charge in [-0.25, -0.2) is 8.42 Å². The van der Waals surface area contributed by atoms with Crippen LogP contribution in [0.2, 0.25) is 0 Å². The van der Waals surface area contributed by atoms with Crippen LogP contribution in [0.5, 0.6) is 5.75 Å². The molecule has 1 aliphatic rings. The van der Waals surface area contributed by atoms with Crippen molar-refractivity contribution in [3.8, 4) is 5.75 Å². The number of sulfone groups is 1. The zero-order valence-corrected chi connectivity index (χ0v) is 11.4. The van der Waals surface area contributed by atoms with Crippen molar-refractivity contribution in [1.29, 1.82) is 0 Å². The Morgan fingerprint density at radius 2 is 2.17 bits per heavy atom. The largest absolute Gasteiger partial charge is 0.492 e. The van der Waals surface area contributed by atoms with E-state index in [4.69, 9.17) is 4.74 Å². The molecule has 100 valence electrons. The highest BCUT2D eigenvalue weighted by molar-refractivity contribution is 7.90. The van der Waals surface area contributed by atoms with Crippen LogP contribution in [0.25, 0.3) is 0 Å². The normalized spacial score (nSPS) is 19.9. The Morgan fingerprint density at radius 1 is 1.39 bits per heavy atom. The van der Waals surface area contributed by atoms with E-state index in [0.29, 0.717) is 18.3 Å². The van der Waals surface area contributed by atoms with E-state index < -0.39 is 9.84 Å². The molecule has 1 aromatic carbocycles. The molecule has 0 saturated carbocycles. The molecule has 1 saturated heterocycles. The number of hydrogen-bond acceptors (Lipinski definition) is 4. The molecule has 1 aliphatic heterocycles. The smallest absolute Gasteiger partial charge is 0.179 e. The number of para-hydroxylation sites is 1. The zero-order chi connectivity index (χ0) is 13.0. The fourth-order valence-electron chi connectivity index (χ4n) is 2.17. The molecule has 1 fully saturated rings. The van der Waals surface area contributed by atoms with Gasteiger partial charge < -0.3 is 10.1 Å². The van der Waals surface area contributed by atoms with Gasteiger partial charge in [0.15, 0.2) is 9.84 Å². The van der Waals surface area contributed by atoms with Gasteiger partial charge in [0.05, 0.1) is 6.61 Å².